The van der Waals surface area contributed by atoms with Gasteiger partial charge >= 0.3 is 5.97 Å². The van der Waals surface area contributed by atoms with E-state index in [1.54, 1.807) is 0 Å². The van der Waals surface area contributed by atoms with Crippen molar-refractivity contribution >= 4 is 75.6 Å². The van der Waals surface area contributed by atoms with E-state index in [0.29, 0.717) is 0 Å². The molecule has 0 heterocycles. The Morgan fingerprint density at radius 1 is 1.00 bits per heavy atom. The Morgan fingerprint density at radius 3 is 1.43 bits per heavy atom. The standard InChI is InChI=1S/C6H4Cl6O2/c1-2(5(7,8)9)3(4(13)14)6(10,11)12/h1H3,(H,13,14). The summed E-state index contributed by atoms with van der Waals surface area (Å²) >= 11 is 32.6. The van der Waals surface area contributed by atoms with E-state index in [9.17, 15) is 4.79 Å². The molecule has 0 bridgehead atoms. The molecule has 1 N–H and O–H groups in total. The molecule has 0 amide bonds. The van der Waals surface area contributed by atoms with Gasteiger partial charge < -0.3 is 5.11 Å². The van der Waals surface area contributed by atoms with E-state index < -0.39 is 19.1 Å². The van der Waals surface area contributed by atoms with E-state index in [-0.39, 0.29) is 5.57 Å². The number of hydrogen-bond acceptors (Lipinski definition) is 1. The summed E-state index contributed by atoms with van der Waals surface area (Å²) in [4.78, 5) is 10.7. The SMILES string of the molecule is CC(=C(C(=O)O)C(Cl)(Cl)Cl)C(Cl)(Cl)Cl. The molecule has 0 atom stereocenters. The van der Waals surface area contributed by atoms with Gasteiger partial charge in [0.05, 0.1) is 5.57 Å². The lowest BCUT2D eigenvalue weighted by atomic mass is 10.2. The first-order chi connectivity index (χ1) is 5.98. The molecule has 0 saturated heterocycles. The largest absolute Gasteiger partial charge is 0.478 e. The molecule has 0 fully saturated rings. The van der Waals surface area contributed by atoms with Crippen LogP contribution in [0.2, 0.25) is 0 Å². The number of carbonyl (C=O) groups is 1. The van der Waals surface area contributed by atoms with E-state index in [0.717, 1.165) is 0 Å². The molecule has 0 unspecified atom stereocenters. The lowest BCUT2D eigenvalue weighted by Gasteiger charge is -2.19. The maximum atomic E-state index is 10.7. The van der Waals surface area contributed by atoms with Gasteiger partial charge in [-0.1, -0.05) is 69.6 Å². The number of carboxylic acid groups (broad SMARTS) is 1. The molecule has 14 heavy (non-hydrogen) atoms. The summed E-state index contributed by atoms with van der Waals surface area (Å²) in [6.45, 7) is 1.26. The zero-order chi connectivity index (χ0) is 11.7. The summed E-state index contributed by atoms with van der Waals surface area (Å²) in [5.74, 6) is -1.45. The fourth-order valence-electron chi connectivity index (χ4n) is 0.636. The molecule has 82 valence electrons. The van der Waals surface area contributed by atoms with Crippen molar-refractivity contribution in [1.29, 1.82) is 0 Å². The van der Waals surface area contributed by atoms with Crippen LogP contribution in [0, 0.1) is 0 Å². The van der Waals surface area contributed by atoms with E-state index in [2.05, 4.69) is 0 Å². The first-order valence-electron chi connectivity index (χ1n) is 3.06. The van der Waals surface area contributed by atoms with Crippen molar-refractivity contribution in [2.45, 2.75) is 14.5 Å². The highest BCUT2D eigenvalue weighted by atomic mass is 35.6. The number of rotatable bonds is 1. The number of aliphatic carboxylic acids is 1. The molecule has 0 aromatic carbocycles. The molecule has 0 spiro atoms. The predicted molar refractivity (Wildman–Crippen MR) is 60.9 cm³/mol. The summed E-state index contributed by atoms with van der Waals surface area (Å²) in [5.41, 5.74) is -0.711. The maximum absolute atomic E-state index is 10.7. The highest BCUT2D eigenvalue weighted by molar-refractivity contribution is 6.72. The highest BCUT2D eigenvalue weighted by Gasteiger charge is 2.39. The summed E-state index contributed by atoms with van der Waals surface area (Å²) in [6, 6.07) is 0. The van der Waals surface area contributed by atoms with Crippen LogP contribution in [0.1, 0.15) is 6.92 Å². The van der Waals surface area contributed by atoms with E-state index in [1.807, 2.05) is 0 Å². The molecule has 0 aliphatic heterocycles. The molecule has 0 radical (unpaired) electrons. The highest BCUT2D eigenvalue weighted by Crippen LogP contribution is 2.43. The molecule has 0 rings (SSSR count). The fraction of sp³-hybridized carbons (Fsp3) is 0.500. The summed E-state index contributed by atoms with van der Waals surface area (Å²) in [6.07, 6.45) is 0. The molecule has 0 saturated carbocycles. The molecule has 2 nitrogen and oxygen atoms in total. The molecular weight excluding hydrogens is 317 g/mol. The molecular formula is C6H4Cl6O2. The minimum atomic E-state index is -2.14. The van der Waals surface area contributed by atoms with Gasteiger partial charge in [-0.2, -0.15) is 0 Å². The second kappa shape index (κ2) is 4.86. The normalized spacial score (nSPS) is 15.1. The summed E-state index contributed by atoms with van der Waals surface area (Å²) in [7, 11) is 0. The Labute approximate surface area is 111 Å². The third-order valence-corrected chi connectivity index (χ3v) is 2.71. The first kappa shape index (κ1) is 14.9. The van der Waals surface area contributed by atoms with Crippen LogP contribution in [0.25, 0.3) is 0 Å². The minimum absolute atomic E-state index is 0.144. The maximum Gasteiger partial charge on any atom is 0.336 e. The van der Waals surface area contributed by atoms with Crippen molar-refractivity contribution in [3.05, 3.63) is 11.1 Å². The van der Waals surface area contributed by atoms with Gasteiger partial charge in [0, 0.05) is 0 Å². The fourth-order valence-corrected chi connectivity index (χ4v) is 1.59. The van der Waals surface area contributed by atoms with Crippen molar-refractivity contribution in [3.8, 4) is 0 Å². The van der Waals surface area contributed by atoms with Gasteiger partial charge in [0.15, 0.2) is 0 Å². The van der Waals surface area contributed by atoms with Crippen LogP contribution in [-0.4, -0.2) is 18.7 Å². The number of carboxylic acids is 1. The van der Waals surface area contributed by atoms with E-state index in [1.165, 1.54) is 6.92 Å². The van der Waals surface area contributed by atoms with Gasteiger partial charge in [0.25, 0.3) is 0 Å². The zero-order valence-corrected chi connectivity index (χ0v) is 11.2. The van der Waals surface area contributed by atoms with Crippen LogP contribution in [0.5, 0.6) is 0 Å². The molecule has 0 aliphatic carbocycles. The van der Waals surface area contributed by atoms with Crippen LogP contribution < -0.4 is 0 Å². The Kier molecular flexibility index (Phi) is 5.19. The topological polar surface area (TPSA) is 37.3 Å². The Morgan fingerprint density at radius 2 is 1.36 bits per heavy atom. The third-order valence-electron chi connectivity index (χ3n) is 1.30. The van der Waals surface area contributed by atoms with Gasteiger partial charge in [-0.25, -0.2) is 4.79 Å². The number of halogens is 6. The van der Waals surface area contributed by atoms with Gasteiger partial charge in [-0.15, -0.1) is 0 Å². The van der Waals surface area contributed by atoms with Crippen molar-refractivity contribution in [1.82, 2.24) is 0 Å². The number of allylic oxidation sites excluding steroid dienone is 1. The van der Waals surface area contributed by atoms with Crippen molar-refractivity contribution in [2.75, 3.05) is 0 Å². The van der Waals surface area contributed by atoms with Crippen LogP contribution in [0.3, 0.4) is 0 Å². The van der Waals surface area contributed by atoms with Crippen LogP contribution >= 0.6 is 69.6 Å². The summed E-state index contributed by atoms with van der Waals surface area (Å²) < 4.78 is -4.06. The minimum Gasteiger partial charge on any atom is -0.478 e. The van der Waals surface area contributed by atoms with Gasteiger partial charge in [0.1, 0.15) is 0 Å². The second-order valence-corrected chi connectivity index (χ2v) is 6.86. The number of alkyl halides is 6. The smallest absolute Gasteiger partial charge is 0.336 e. The van der Waals surface area contributed by atoms with Crippen molar-refractivity contribution < 1.29 is 9.90 Å². The van der Waals surface area contributed by atoms with Gasteiger partial charge in [-0.3, -0.25) is 0 Å². The van der Waals surface area contributed by atoms with Gasteiger partial charge in [-0.05, 0) is 12.5 Å². The van der Waals surface area contributed by atoms with E-state index in [4.69, 9.17) is 74.7 Å². The van der Waals surface area contributed by atoms with Gasteiger partial charge in [0.2, 0.25) is 7.59 Å². The Bertz CT molecular complexity index is 271. The Balaban J connectivity index is 5.53. The first-order valence-corrected chi connectivity index (χ1v) is 5.33. The lowest BCUT2D eigenvalue weighted by molar-refractivity contribution is -0.132. The predicted octanol–water partition coefficient (Wildman–Crippen LogP) is 4.13. The summed E-state index contributed by atoms with van der Waals surface area (Å²) in [5, 5.41) is 8.76. The molecule has 0 aromatic heterocycles. The second-order valence-electron chi connectivity index (χ2n) is 2.30. The zero-order valence-electron chi connectivity index (χ0n) is 6.62. The van der Waals surface area contributed by atoms with Crippen LogP contribution in [-0.2, 0) is 4.79 Å². The lowest BCUT2D eigenvalue weighted by Crippen LogP contribution is -2.22. The average Bonchev–Trinajstić information content (AvgIpc) is 1.79. The van der Waals surface area contributed by atoms with Crippen molar-refractivity contribution in [2.24, 2.45) is 0 Å². The molecule has 0 aromatic rings. The molecule has 8 heteroatoms. The molecule has 0 aliphatic rings. The van der Waals surface area contributed by atoms with Crippen LogP contribution in [0.15, 0.2) is 11.1 Å². The monoisotopic (exact) mass is 318 g/mol. The Hall–Kier alpha value is 0.950. The van der Waals surface area contributed by atoms with Crippen LogP contribution in [0.4, 0.5) is 0 Å². The number of hydrogen-bond donors (Lipinski definition) is 1. The third kappa shape index (κ3) is 4.21. The van der Waals surface area contributed by atoms with E-state index >= 15 is 0 Å². The quantitative estimate of drug-likeness (QED) is 0.582. The average molecular weight is 321 g/mol. The van der Waals surface area contributed by atoms with Crippen molar-refractivity contribution in [3.63, 3.8) is 0 Å².